The third kappa shape index (κ3) is 5.69. The number of ether oxygens (including phenoxy) is 4. The van der Waals surface area contributed by atoms with Gasteiger partial charge in [-0.3, -0.25) is 4.79 Å². The number of esters is 1. The number of amides is 1. The summed E-state index contributed by atoms with van der Waals surface area (Å²) in [7, 11) is 0.0140. The van der Waals surface area contributed by atoms with Gasteiger partial charge in [-0.2, -0.15) is 4.31 Å². The molecule has 1 fully saturated rings. The van der Waals surface area contributed by atoms with Gasteiger partial charge in [0.2, 0.25) is 10.0 Å². The summed E-state index contributed by atoms with van der Waals surface area (Å²) >= 11 is 6.24. The molecule has 1 heterocycles. The summed E-state index contributed by atoms with van der Waals surface area (Å²) < 4.78 is 48.8. The number of nitrogens with one attached hydrogen (secondary N) is 1. The zero-order chi connectivity index (χ0) is 25.9. The number of morpholine rings is 1. The van der Waals surface area contributed by atoms with E-state index in [1.54, 1.807) is 13.8 Å². The lowest BCUT2D eigenvalue weighted by Crippen LogP contribution is -2.48. The van der Waals surface area contributed by atoms with Crippen molar-refractivity contribution in [2.24, 2.45) is 0 Å². The topological polar surface area (TPSA) is 120 Å². The van der Waals surface area contributed by atoms with Crippen molar-refractivity contribution in [3.63, 3.8) is 0 Å². The minimum Gasteiger partial charge on any atom is -0.493 e. The van der Waals surface area contributed by atoms with E-state index in [1.165, 1.54) is 56.0 Å². The first-order chi connectivity index (χ1) is 16.5. The molecule has 2 aromatic rings. The number of anilines is 1. The maximum atomic E-state index is 13.3. The zero-order valence-electron chi connectivity index (χ0n) is 20.0. The van der Waals surface area contributed by atoms with Gasteiger partial charge in [-0.1, -0.05) is 11.6 Å². The third-order valence-electron chi connectivity index (χ3n) is 5.37. The van der Waals surface area contributed by atoms with Crippen molar-refractivity contribution in [2.45, 2.75) is 31.0 Å². The summed E-state index contributed by atoms with van der Waals surface area (Å²) in [5, 5.41) is 2.59. The van der Waals surface area contributed by atoms with Crippen molar-refractivity contribution in [1.29, 1.82) is 0 Å². The van der Waals surface area contributed by atoms with Crippen molar-refractivity contribution in [3.05, 3.63) is 46.5 Å². The SMILES string of the molecule is COC(=O)c1cc(OC)c(OC)cc1NC(=O)c1ccc(Cl)c(S(=O)(=O)N2CC(C)OC(C)C2)c1. The summed E-state index contributed by atoms with van der Waals surface area (Å²) in [6.07, 6.45) is -0.582. The van der Waals surface area contributed by atoms with Crippen LogP contribution in [0.15, 0.2) is 35.2 Å². The smallest absolute Gasteiger partial charge is 0.340 e. The van der Waals surface area contributed by atoms with E-state index < -0.39 is 21.9 Å². The van der Waals surface area contributed by atoms with E-state index in [0.29, 0.717) is 0 Å². The zero-order valence-corrected chi connectivity index (χ0v) is 21.5. The number of rotatable bonds is 7. The highest BCUT2D eigenvalue weighted by Crippen LogP contribution is 2.34. The lowest BCUT2D eigenvalue weighted by molar-refractivity contribution is -0.0440. The predicted molar refractivity (Wildman–Crippen MR) is 129 cm³/mol. The summed E-state index contributed by atoms with van der Waals surface area (Å²) in [6, 6.07) is 6.72. The number of hydrogen-bond acceptors (Lipinski definition) is 8. The van der Waals surface area contributed by atoms with Crippen molar-refractivity contribution in [2.75, 3.05) is 39.7 Å². The van der Waals surface area contributed by atoms with Crippen LogP contribution in [0.25, 0.3) is 0 Å². The molecule has 190 valence electrons. The summed E-state index contributed by atoms with van der Waals surface area (Å²) in [5.41, 5.74) is 0.138. The molecule has 1 aliphatic heterocycles. The van der Waals surface area contributed by atoms with Crippen molar-refractivity contribution < 1.29 is 37.0 Å². The van der Waals surface area contributed by atoms with Crippen LogP contribution in [-0.2, 0) is 19.5 Å². The monoisotopic (exact) mass is 526 g/mol. The average molecular weight is 527 g/mol. The first kappa shape index (κ1) is 26.7. The molecule has 1 N–H and O–H groups in total. The Morgan fingerprint density at radius 3 is 2.20 bits per heavy atom. The maximum absolute atomic E-state index is 13.3. The number of hydrogen-bond donors (Lipinski definition) is 1. The lowest BCUT2D eigenvalue weighted by atomic mass is 10.1. The quantitative estimate of drug-likeness (QED) is 0.546. The molecule has 0 saturated carbocycles. The first-order valence-corrected chi connectivity index (χ1v) is 12.4. The van der Waals surface area contributed by atoms with E-state index in [-0.39, 0.29) is 63.5 Å². The molecule has 1 amide bonds. The molecule has 0 aromatic heterocycles. The van der Waals surface area contributed by atoms with Gasteiger partial charge in [0.25, 0.3) is 5.91 Å². The first-order valence-electron chi connectivity index (χ1n) is 10.6. The molecule has 0 bridgehead atoms. The summed E-state index contributed by atoms with van der Waals surface area (Å²) in [6.45, 7) is 3.89. The second kappa shape index (κ2) is 10.8. The molecule has 2 aromatic carbocycles. The number of nitrogens with zero attached hydrogens (tertiary/aromatic N) is 1. The van der Waals surface area contributed by atoms with Gasteiger partial charge in [0, 0.05) is 30.8 Å². The van der Waals surface area contributed by atoms with Crippen LogP contribution in [0, 0.1) is 0 Å². The second-order valence-corrected chi connectivity index (χ2v) is 10.2. The average Bonchev–Trinajstić information content (AvgIpc) is 2.82. The fraction of sp³-hybridized carbons (Fsp3) is 0.391. The molecule has 10 nitrogen and oxygen atoms in total. The number of carbonyl (C=O) groups excluding carboxylic acids is 2. The molecular formula is C23H27ClN2O8S. The molecule has 0 aliphatic carbocycles. The number of benzene rings is 2. The van der Waals surface area contributed by atoms with Crippen LogP contribution in [-0.4, -0.2) is 71.2 Å². The van der Waals surface area contributed by atoms with Crippen LogP contribution in [0.4, 0.5) is 5.69 Å². The van der Waals surface area contributed by atoms with Gasteiger partial charge in [-0.15, -0.1) is 0 Å². The van der Waals surface area contributed by atoms with Gasteiger partial charge in [-0.05, 0) is 32.0 Å². The fourth-order valence-electron chi connectivity index (χ4n) is 3.76. The molecule has 1 saturated heterocycles. The van der Waals surface area contributed by atoms with Crippen molar-refractivity contribution >= 4 is 39.2 Å². The lowest BCUT2D eigenvalue weighted by Gasteiger charge is -2.34. The normalized spacial score (nSPS) is 18.6. The summed E-state index contributed by atoms with van der Waals surface area (Å²) in [4.78, 5) is 25.2. The van der Waals surface area contributed by atoms with Gasteiger partial charge < -0.3 is 24.3 Å². The van der Waals surface area contributed by atoms with Gasteiger partial charge in [0.1, 0.15) is 4.90 Å². The highest BCUT2D eigenvalue weighted by Gasteiger charge is 2.34. The van der Waals surface area contributed by atoms with Crippen LogP contribution >= 0.6 is 11.6 Å². The minimum atomic E-state index is -4.00. The number of carbonyl (C=O) groups is 2. The minimum absolute atomic E-state index is 0.0188. The van der Waals surface area contributed by atoms with Crippen molar-refractivity contribution in [3.8, 4) is 11.5 Å². The number of methoxy groups -OCH3 is 3. The van der Waals surface area contributed by atoms with Gasteiger partial charge in [-0.25, -0.2) is 13.2 Å². The molecule has 35 heavy (non-hydrogen) atoms. The molecule has 12 heteroatoms. The Balaban J connectivity index is 1.97. The van der Waals surface area contributed by atoms with Crippen LogP contribution in [0.2, 0.25) is 5.02 Å². The van der Waals surface area contributed by atoms with Gasteiger partial charge in [0.15, 0.2) is 11.5 Å². The molecule has 0 radical (unpaired) electrons. The van der Waals surface area contributed by atoms with Crippen LogP contribution in [0.3, 0.4) is 0 Å². The fourth-order valence-corrected chi connectivity index (χ4v) is 5.85. The van der Waals surface area contributed by atoms with Crippen LogP contribution < -0.4 is 14.8 Å². The third-order valence-corrected chi connectivity index (χ3v) is 7.69. The number of sulfonamides is 1. The summed E-state index contributed by atoms with van der Waals surface area (Å²) in [5.74, 6) is -0.847. The maximum Gasteiger partial charge on any atom is 0.340 e. The molecular weight excluding hydrogens is 500 g/mol. The number of halogens is 1. The molecule has 0 spiro atoms. The van der Waals surface area contributed by atoms with Crippen LogP contribution in [0.1, 0.15) is 34.6 Å². The molecule has 1 aliphatic rings. The Morgan fingerprint density at radius 2 is 1.63 bits per heavy atom. The molecule has 3 rings (SSSR count). The van der Waals surface area contributed by atoms with E-state index >= 15 is 0 Å². The largest absolute Gasteiger partial charge is 0.493 e. The Kier molecular flexibility index (Phi) is 8.26. The van der Waals surface area contributed by atoms with E-state index in [2.05, 4.69) is 5.32 Å². The van der Waals surface area contributed by atoms with Gasteiger partial charge >= 0.3 is 5.97 Å². The Labute approximate surface area is 209 Å². The van der Waals surface area contributed by atoms with E-state index in [9.17, 15) is 18.0 Å². The highest BCUT2D eigenvalue weighted by molar-refractivity contribution is 7.89. The standard InChI is InChI=1S/C23H27ClN2O8S/c1-13-11-26(12-14(2)34-13)35(29,30)21-8-15(6-7-17(21)24)22(27)25-18-10-20(32-4)19(31-3)9-16(18)23(28)33-5/h6-10,13-14H,11-12H2,1-5H3,(H,25,27). The highest BCUT2D eigenvalue weighted by atomic mass is 35.5. The van der Waals surface area contributed by atoms with Gasteiger partial charge in [0.05, 0.1) is 49.8 Å². The second-order valence-electron chi connectivity index (χ2n) is 7.92. The Morgan fingerprint density at radius 1 is 1.03 bits per heavy atom. The van der Waals surface area contributed by atoms with Crippen LogP contribution in [0.5, 0.6) is 11.5 Å². The van der Waals surface area contributed by atoms with E-state index in [4.69, 9.17) is 30.5 Å². The van der Waals surface area contributed by atoms with E-state index in [1.807, 2.05) is 0 Å². The van der Waals surface area contributed by atoms with E-state index in [0.717, 1.165) is 0 Å². The Bertz CT molecular complexity index is 1220. The predicted octanol–water partition coefficient (Wildman–Crippen LogP) is 3.19. The van der Waals surface area contributed by atoms with Crippen molar-refractivity contribution in [1.82, 2.24) is 4.31 Å². The molecule has 2 unspecified atom stereocenters. The molecule has 2 atom stereocenters. The Hall–Kier alpha value is -2.86.